The molecule has 12 rings (SSSR count). The lowest BCUT2D eigenvalue weighted by Crippen LogP contribution is -2.74. The summed E-state index contributed by atoms with van der Waals surface area (Å²) in [4.78, 5) is 2.46. The molecule has 0 amide bonds. The molecule has 0 fully saturated rings. The van der Waals surface area contributed by atoms with Gasteiger partial charge in [0.25, 0.3) is 0 Å². The van der Waals surface area contributed by atoms with Gasteiger partial charge in [-0.3, -0.25) is 0 Å². The minimum absolute atomic E-state index is 0.129. The van der Waals surface area contributed by atoms with Crippen molar-refractivity contribution in [2.75, 3.05) is 4.90 Å². The summed E-state index contributed by atoms with van der Waals surface area (Å²) in [6.07, 6.45) is 0. The maximum absolute atomic E-state index is 2.80. The third-order valence-electron chi connectivity index (χ3n) is 13.6. The first-order valence-corrected chi connectivity index (χ1v) is 23.7. The largest absolute Gasteiger partial charge is 0.310 e. The molecule has 1 aliphatic carbocycles. The SMILES string of the molecule is CC1(C)c2cccc3ccc4cc(N(c5ccccc5)c5ccc6c(c5)c5cc([Si](c7ccccc7)(c7ccccc7)c7ccccc7)ccc5n6-c5ccccc5)cc1c4c23. The van der Waals surface area contributed by atoms with Crippen molar-refractivity contribution in [2.45, 2.75) is 19.3 Å². The lowest BCUT2D eigenvalue weighted by molar-refractivity contribution is 0.663. The normalized spacial score (nSPS) is 13.1. The highest BCUT2D eigenvalue weighted by molar-refractivity contribution is 7.20. The van der Waals surface area contributed by atoms with Gasteiger partial charge in [0.1, 0.15) is 0 Å². The second-order valence-electron chi connectivity index (χ2n) is 17.3. The van der Waals surface area contributed by atoms with Crippen LogP contribution in [0.1, 0.15) is 25.0 Å². The predicted octanol–water partition coefficient (Wildman–Crippen LogP) is 12.6. The number of fused-ring (bicyclic) bond motifs is 3. The van der Waals surface area contributed by atoms with E-state index in [1.54, 1.807) is 0 Å². The molecule has 0 bridgehead atoms. The van der Waals surface area contributed by atoms with Crippen molar-refractivity contribution < 1.29 is 0 Å². The molecule has 2 nitrogen and oxygen atoms in total. The average Bonchev–Trinajstić information content (AvgIpc) is 3.78. The van der Waals surface area contributed by atoms with Gasteiger partial charge in [-0.1, -0.05) is 184 Å². The van der Waals surface area contributed by atoms with E-state index in [9.17, 15) is 0 Å². The number of hydrogen-bond donors (Lipinski definition) is 0. The van der Waals surface area contributed by atoms with Gasteiger partial charge in [-0.15, -0.1) is 0 Å². The van der Waals surface area contributed by atoms with Gasteiger partial charge in [0, 0.05) is 38.9 Å². The minimum atomic E-state index is -2.80. The quantitative estimate of drug-likeness (QED) is 0.0843. The van der Waals surface area contributed by atoms with Crippen LogP contribution in [0.15, 0.2) is 231 Å². The van der Waals surface area contributed by atoms with E-state index in [-0.39, 0.29) is 5.41 Å². The van der Waals surface area contributed by atoms with Crippen LogP contribution in [0, 0.1) is 0 Å². The summed E-state index contributed by atoms with van der Waals surface area (Å²) in [7, 11) is -2.80. The van der Waals surface area contributed by atoms with Gasteiger partial charge in [-0.25, -0.2) is 0 Å². The van der Waals surface area contributed by atoms with Gasteiger partial charge < -0.3 is 9.47 Å². The molecule has 0 saturated carbocycles. The standard InChI is InChI=1S/C59H44N2Si/c1-59(2)53-30-18-19-41-31-32-42-37-46(39-54(59)58(42)57(41)53)60(43-20-8-3-9-21-43)45-33-35-55-51(38-45)52-40-50(34-36-56(52)61(55)44-22-10-4-11-23-44)62(47-24-12-5-13-25-47,48-26-14-6-15-27-48)49-28-16-7-17-29-49/h3-40H,1-2H3. The van der Waals surface area contributed by atoms with E-state index in [1.165, 1.54) is 75.2 Å². The number of aromatic nitrogens is 1. The van der Waals surface area contributed by atoms with E-state index in [0.717, 1.165) is 22.7 Å². The summed E-state index contributed by atoms with van der Waals surface area (Å²) in [5, 5.41) is 13.3. The van der Waals surface area contributed by atoms with Gasteiger partial charge in [-0.2, -0.15) is 0 Å². The van der Waals surface area contributed by atoms with Crippen LogP contribution in [0.25, 0.3) is 49.0 Å². The monoisotopic (exact) mass is 808 g/mol. The predicted molar refractivity (Wildman–Crippen MR) is 266 cm³/mol. The fourth-order valence-corrected chi connectivity index (χ4v) is 15.6. The first-order chi connectivity index (χ1) is 30.5. The summed E-state index contributed by atoms with van der Waals surface area (Å²) in [6.45, 7) is 4.78. The summed E-state index contributed by atoms with van der Waals surface area (Å²) in [5.74, 6) is 0. The molecule has 11 aromatic rings. The van der Waals surface area contributed by atoms with Crippen molar-refractivity contribution in [2.24, 2.45) is 0 Å². The molecule has 294 valence electrons. The smallest absolute Gasteiger partial charge is 0.179 e. The van der Waals surface area contributed by atoms with E-state index in [1.807, 2.05) is 0 Å². The zero-order valence-corrected chi connectivity index (χ0v) is 35.8. The maximum atomic E-state index is 2.54. The Balaban J connectivity index is 1.14. The summed E-state index contributed by atoms with van der Waals surface area (Å²) < 4.78 is 2.45. The van der Waals surface area contributed by atoms with Crippen molar-refractivity contribution in [3.05, 3.63) is 242 Å². The molecule has 62 heavy (non-hydrogen) atoms. The van der Waals surface area contributed by atoms with Crippen LogP contribution in [0.2, 0.25) is 0 Å². The Kier molecular flexibility index (Phi) is 8.25. The molecular weight excluding hydrogens is 765 g/mol. The molecule has 10 aromatic carbocycles. The fourth-order valence-electron chi connectivity index (χ4n) is 10.8. The maximum Gasteiger partial charge on any atom is 0.179 e. The van der Waals surface area contributed by atoms with E-state index in [4.69, 9.17) is 0 Å². The number of hydrogen-bond acceptors (Lipinski definition) is 1. The highest BCUT2D eigenvalue weighted by atomic mass is 28.3. The van der Waals surface area contributed by atoms with E-state index in [2.05, 4.69) is 254 Å². The van der Waals surface area contributed by atoms with Gasteiger partial charge in [-0.05, 0) is 114 Å². The lowest BCUT2D eigenvalue weighted by atomic mass is 9.81. The lowest BCUT2D eigenvalue weighted by Gasteiger charge is -2.34. The molecule has 0 aliphatic heterocycles. The molecule has 0 radical (unpaired) electrons. The highest BCUT2D eigenvalue weighted by Crippen LogP contribution is 2.51. The van der Waals surface area contributed by atoms with Gasteiger partial charge in [0.2, 0.25) is 0 Å². The van der Waals surface area contributed by atoms with Crippen LogP contribution in [0.5, 0.6) is 0 Å². The second-order valence-corrected chi connectivity index (χ2v) is 21.1. The molecule has 1 aromatic heterocycles. The zero-order chi connectivity index (χ0) is 41.4. The molecule has 1 aliphatic rings. The van der Waals surface area contributed by atoms with Crippen LogP contribution in [-0.2, 0) is 5.41 Å². The van der Waals surface area contributed by atoms with E-state index in [0.29, 0.717) is 0 Å². The van der Waals surface area contributed by atoms with Crippen molar-refractivity contribution >= 4 is 89.2 Å². The molecule has 1 heterocycles. The molecular formula is C59H44N2Si. The Hall–Kier alpha value is -7.46. The summed E-state index contributed by atoms with van der Waals surface area (Å²) in [5.41, 5.74) is 9.60. The van der Waals surface area contributed by atoms with E-state index >= 15 is 0 Å². The molecule has 0 atom stereocenters. The van der Waals surface area contributed by atoms with Crippen molar-refractivity contribution in [3.63, 3.8) is 0 Å². The third-order valence-corrected chi connectivity index (χ3v) is 18.4. The van der Waals surface area contributed by atoms with Crippen molar-refractivity contribution in [1.29, 1.82) is 0 Å². The van der Waals surface area contributed by atoms with Gasteiger partial charge in [0.05, 0.1) is 11.0 Å². The van der Waals surface area contributed by atoms with Crippen LogP contribution < -0.4 is 25.6 Å². The van der Waals surface area contributed by atoms with Crippen molar-refractivity contribution in [3.8, 4) is 5.69 Å². The van der Waals surface area contributed by atoms with Crippen LogP contribution in [0.4, 0.5) is 17.1 Å². The average molecular weight is 809 g/mol. The first-order valence-electron chi connectivity index (χ1n) is 21.7. The minimum Gasteiger partial charge on any atom is -0.310 e. The van der Waals surface area contributed by atoms with Crippen LogP contribution in [0.3, 0.4) is 0 Å². The first kappa shape index (κ1) is 36.4. The Morgan fingerprint density at radius 2 is 0.903 bits per heavy atom. The Morgan fingerprint density at radius 1 is 0.371 bits per heavy atom. The Bertz CT molecular complexity index is 3370. The molecule has 0 saturated heterocycles. The summed E-state index contributed by atoms with van der Waals surface area (Å²) in [6, 6.07) is 86.2. The summed E-state index contributed by atoms with van der Waals surface area (Å²) >= 11 is 0. The number of benzene rings is 10. The fraction of sp³-hybridized carbons (Fsp3) is 0.0508. The van der Waals surface area contributed by atoms with Gasteiger partial charge in [0.15, 0.2) is 8.07 Å². The Labute approximate surface area is 363 Å². The number of nitrogens with zero attached hydrogens (tertiary/aromatic N) is 2. The molecule has 3 heteroatoms. The zero-order valence-electron chi connectivity index (χ0n) is 34.8. The highest BCUT2D eigenvalue weighted by Gasteiger charge is 2.42. The molecule has 0 unspecified atom stereocenters. The topological polar surface area (TPSA) is 8.17 Å². The van der Waals surface area contributed by atoms with Crippen molar-refractivity contribution in [1.82, 2.24) is 4.57 Å². The molecule has 0 N–H and O–H groups in total. The third kappa shape index (κ3) is 5.35. The van der Waals surface area contributed by atoms with Gasteiger partial charge >= 0.3 is 0 Å². The van der Waals surface area contributed by atoms with Crippen LogP contribution >= 0.6 is 0 Å². The van der Waals surface area contributed by atoms with Crippen LogP contribution in [-0.4, -0.2) is 12.6 Å². The second kappa shape index (κ2) is 14.1. The Morgan fingerprint density at radius 3 is 1.53 bits per heavy atom. The molecule has 0 spiro atoms. The number of anilines is 3. The number of rotatable bonds is 8. The van der Waals surface area contributed by atoms with E-state index < -0.39 is 8.07 Å². The number of para-hydroxylation sites is 2.